The molecule has 0 heterocycles. The van der Waals surface area contributed by atoms with Gasteiger partial charge < -0.3 is 10.4 Å². The largest absolute Gasteiger partial charge is 0.480 e. The minimum atomic E-state index is -1.08. The standard InChI is InChI=1S/C12H13Cl2NO3S/c13-5-11(16)15-10(12(17)18)7-19-6-8-3-1-2-4-9(8)14/h1-4,10H,5-7H2,(H,15,16)(H,17,18). The molecule has 1 rings (SSSR count). The molecule has 1 aromatic rings. The zero-order chi connectivity index (χ0) is 14.3. The van der Waals surface area contributed by atoms with Crippen LogP contribution in [0.1, 0.15) is 5.56 Å². The van der Waals surface area contributed by atoms with Gasteiger partial charge in [0.2, 0.25) is 5.91 Å². The van der Waals surface area contributed by atoms with E-state index in [-0.39, 0.29) is 11.6 Å². The zero-order valence-electron chi connectivity index (χ0n) is 9.94. The van der Waals surface area contributed by atoms with Gasteiger partial charge in [0.1, 0.15) is 11.9 Å². The van der Waals surface area contributed by atoms with E-state index >= 15 is 0 Å². The number of carbonyl (C=O) groups is 2. The number of hydrogen-bond donors (Lipinski definition) is 2. The highest BCUT2D eigenvalue weighted by molar-refractivity contribution is 7.98. The van der Waals surface area contributed by atoms with Crippen molar-refractivity contribution in [3.63, 3.8) is 0 Å². The fourth-order valence-corrected chi connectivity index (χ4v) is 2.72. The Hall–Kier alpha value is -0.910. The average molecular weight is 322 g/mol. The number of carboxylic acids is 1. The van der Waals surface area contributed by atoms with Gasteiger partial charge >= 0.3 is 5.97 Å². The lowest BCUT2D eigenvalue weighted by Crippen LogP contribution is -2.43. The van der Waals surface area contributed by atoms with Gasteiger partial charge in [0.15, 0.2) is 0 Å². The van der Waals surface area contributed by atoms with Crippen molar-refractivity contribution in [3.05, 3.63) is 34.9 Å². The first-order chi connectivity index (χ1) is 9.04. The molecule has 0 aliphatic rings. The van der Waals surface area contributed by atoms with Crippen LogP contribution in [0.2, 0.25) is 5.02 Å². The van der Waals surface area contributed by atoms with Crippen LogP contribution in [0.5, 0.6) is 0 Å². The van der Waals surface area contributed by atoms with Gasteiger partial charge in [-0.25, -0.2) is 4.79 Å². The van der Waals surface area contributed by atoms with Gasteiger partial charge in [0.05, 0.1) is 0 Å². The molecule has 0 saturated carbocycles. The fourth-order valence-electron chi connectivity index (χ4n) is 1.31. The van der Waals surface area contributed by atoms with Crippen molar-refractivity contribution in [1.29, 1.82) is 0 Å². The Morgan fingerprint density at radius 1 is 1.37 bits per heavy atom. The maximum absolute atomic E-state index is 11.1. The smallest absolute Gasteiger partial charge is 0.327 e. The Balaban J connectivity index is 2.47. The Morgan fingerprint density at radius 2 is 2.05 bits per heavy atom. The third kappa shape index (κ3) is 5.72. The Labute approximate surface area is 125 Å². The maximum Gasteiger partial charge on any atom is 0.327 e. The molecule has 1 atom stereocenters. The van der Waals surface area contributed by atoms with Gasteiger partial charge in [0, 0.05) is 16.5 Å². The molecule has 104 valence electrons. The molecule has 0 aliphatic carbocycles. The van der Waals surface area contributed by atoms with Crippen molar-refractivity contribution in [1.82, 2.24) is 5.32 Å². The summed E-state index contributed by atoms with van der Waals surface area (Å²) in [5.41, 5.74) is 0.932. The van der Waals surface area contributed by atoms with Gasteiger partial charge in [-0.2, -0.15) is 11.8 Å². The number of thioether (sulfide) groups is 1. The molecule has 2 N–H and O–H groups in total. The molecule has 7 heteroatoms. The van der Waals surface area contributed by atoms with Crippen molar-refractivity contribution in [3.8, 4) is 0 Å². The molecule has 0 bridgehead atoms. The van der Waals surface area contributed by atoms with Crippen molar-refractivity contribution < 1.29 is 14.7 Å². The summed E-state index contributed by atoms with van der Waals surface area (Å²) in [6, 6.07) is 6.41. The average Bonchev–Trinajstić information content (AvgIpc) is 2.39. The van der Waals surface area contributed by atoms with Gasteiger partial charge in [-0.3, -0.25) is 4.79 Å². The lowest BCUT2D eigenvalue weighted by molar-refractivity contribution is -0.140. The number of halogens is 2. The van der Waals surface area contributed by atoms with E-state index in [1.165, 1.54) is 11.8 Å². The van der Waals surface area contributed by atoms with Crippen LogP contribution >= 0.6 is 35.0 Å². The first kappa shape index (κ1) is 16.1. The molecule has 4 nitrogen and oxygen atoms in total. The van der Waals surface area contributed by atoms with Crippen LogP contribution in [-0.4, -0.2) is 34.7 Å². The van der Waals surface area contributed by atoms with Gasteiger partial charge in [0.25, 0.3) is 0 Å². The quantitative estimate of drug-likeness (QED) is 0.757. The highest BCUT2D eigenvalue weighted by Gasteiger charge is 2.19. The third-order valence-corrected chi connectivity index (χ3v) is 3.95. The van der Waals surface area contributed by atoms with Crippen LogP contribution in [0, 0.1) is 0 Å². The highest BCUT2D eigenvalue weighted by Crippen LogP contribution is 2.21. The molecule has 0 aliphatic heterocycles. The number of nitrogens with one attached hydrogen (secondary N) is 1. The third-order valence-electron chi connectivity index (χ3n) is 2.25. The minimum absolute atomic E-state index is 0.251. The first-order valence-electron chi connectivity index (χ1n) is 5.44. The monoisotopic (exact) mass is 321 g/mol. The van der Waals surface area contributed by atoms with Crippen LogP contribution < -0.4 is 5.32 Å². The summed E-state index contributed by atoms with van der Waals surface area (Å²) < 4.78 is 0. The number of aliphatic carboxylic acids is 1. The molecular formula is C12H13Cl2NO3S. The van der Waals surface area contributed by atoms with Crippen LogP contribution in [0.4, 0.5) is 0 Å². The Bertz CT molecular complexity index is 456. The van der Waals surface area contributed by atoms with Gasteiger partial charge in [-0.1, -0.05) is 29.8 Å². The van der Waals surface area contributed by atoms with Crippen LogP contribution in [-0.2, 0) is 15.3 Å². The van der Waals surface area contributed by atoms with Crippen molar-refractivity contribution in [2.24, 2.45) is 0 Å². The molecular weight excluding hydrogens is 309 g/mol. The fraction of sp³-hybridized carbons (Fsp3) is 0.333. The van der Waals surface area contributed by atoms with E-state index in [0.717, 1.165) is 5.56 Å². The lowest BCUT2D eigenvalue weighted by atomic mass is 10.2. The number of hydrogen-bond acceptors (Lipinski definition) is 3. The van der Waals surface area contributed by atoms with E-state index in [0.29, 0.717) is 10.8 Å². The summed E-state index contributed by atoms with van der Waals surface area (Å²) in [6.07, 6.45) is 0. The molecule has 19 heavy (non-hydrogen) atoms. The Morgan fingerprint density at radius 3 is 2.63 bits per heavy atom. The number of rotatable bonds is 7. The molecule has 0 aromatic heterocycles. The van der Waals surface area contributed by atoms with E-state index in [2.05, 4.69) is 5.32 Å². The summed E-state index contributed by atoms with van der Waals surface area (Å²) in [4.78, 5) is 22.0. The molecule has 0 radical (unpaired) electrons. The van der Waals surface area contributed by atoms with Crippen molar-refractivity contribution >= 4 is 46.8 Å². The second kappa shape index (κ2) is 8.30. The minimum Gasteiger partial charge on any atom is -0.480 e. The normalized spacial score (nSPS) is 11.9. The summed E-state index contributed by atoms with van der Waals surface area (Å²) in [5.74, 6) is -0.986. The number of carboxylic acid groups (broad SMARTS) is 1. The molecule has 0 spiro atoms. The number of amides is 1. The molecule has 0 fully saturated rings. The molecule has 0 saturated heterocycles. The van der Waals surface area contributed by atoms with E-state index in [9.17, 15) is 9.59 Å². The van der Waals surface area contributed by atoms with Crippen LogP contribution in [0.25, 0.3) is 0 Å². The molecule has 1 amide bonds. The van der Waals surface area contributed by atoms with Crippen molar-refractivity contribution in [2.75, 3.05) is 11.6 Å². The second-order valence-electron chi connectivity index (χ2n) is 3.70. The van der Waals surface area contributed by atoms with E-state index in [4.69, 9.17) is 28.3 Å². The van der Waals surface area contributed by atoms with E-state index < -0.39 is 17.9 Å². The highest BCUT2D eigenvalue weighted by atomic mass is 35.5. The van der Waals surface area contributed by atoms with Crippen LogP contribution in [0.3, 0.4) is 0 Å². The maximum atomic E-state index is 11.1. The lowest BCUT2D eigenvalue weighted by Gasteiger charge is -2.13. The zero-order valence-corrected chi connectivity index (χ0v) is 12.3. The van der Waals surface area contributed by atoms with E-state index in [1.54, 1.807) is 6.07 Å². The Kier molecular flexibility index (Phi) is 7.05. The second-order valence-corrected chi connectivity index (χ2v) is 5.40. The topological polar surface area (TPSA) is 66.4 Å². The molecule has 1 aromatic carbocycles. The predicted octanol–water partition coefficient (Wildman–Crippen LogP) is 2.38. The number of carbonyl (C=O) groups excluding carboxylic acids is 1. The SMILES string of the molecule is O=C(CCl)NC(CSCc1ccccc1Cl)C(=O)O. The van der Waals surface area contributed by atoms with Gasteiger partial charge in [-0.05, 0) is 11.6 Å². The predicted molar refractivity (Wildman–Crippen MR) is 77.9 cm³/mol. The summed E-state index contributed by atoms with van der Waals surface area (Å²) in [7, 11) is 0. The van der Waals surface area contributed by atoms with Gasteiger partial charge in [-0.15, -0.1) is 11.6 Å². The first-order valence-corrected chi connectivity index (χ1v) is 7.50. The summed E-state index contributed by atoms with van der Waals surface area (Å²) in [6.45, 7) is 0. The number of benzene rings is 1. The van der Waals surface area contributed by atoms with E-state index in [1.807, 2.05) is 18.2 Å². The molecule has 1 unspecified atom stereocenters. The van der Waals surface area contributed by atoms with Crippen molar-refractivity contribution in [2.45, 2.75) is 11.8 Å². The summed E-state index contributed by atoms with van der Waals surface area (Å²) >= 11 is 12.7. The van der Waals surface area contributed by atoms with Crippen LogP contribution in [0.15, 0.2) is 24.3 Å². The number of alkyl halides is 1. The summed E-state index contributed by atoms with van der Waals surface area (Å²) in [5, 5.41) is 12.0.